The molecule has 3 rings (SSSR count). The lowest BCUT2D eigenvalue weighted by Gasteiger charge is -2.21. The Bertz CT molecular complexity index is 676. The fourth-order valence-corrected chi connectivity index (χ4v) is 2.80. The van der Waals surface area contributed by atoms with Crippen LogP contribution in [0.15, 0.2) is 30.6 Å². The second-order valence-corrected chi connectivity index (χ2v) is 5.79. The fraction of sp³-hybridized carbons (Fsp3) is 0.438. The average Bonchev–Trinajstić information content (AvgIpc) is 2.97. The van der Waals surface area contributed by atoms with E-state index in [2.05, 4.69) is 20.1 Å². The van der Waals surface area contributed by atoms with Gasteiger partial charge in [-0.05, 0) is 24.1 Å². The van der Waals surface area contributed by atoms with Crippen molar-refractivity contribution in [2.24, 2.45) is 0 Å². The van der Waals surface area contributed by atoms with Crippen molar-refractivity contribution in [1.82, 2.24) is 25.0 Å². The first-order valence-corrected chi connectivity index (χ1v) is 7.87. The molecule has 1 saturated heterocycles. The second kappa shape index (κ2) is 7.48. The molecule has 0 unspecified atom stereocenters. The highest BCUT2D eigenvalue weighted by Gasteiger charge is 2.23. The minimum Gasteiger partial charge on any atom is -0.336 e. The molecular formula is C16H19F2N5O. The normalized spacial score (nSPS) is 16.4. The summed E-state index contributed by atoms with van der Waals surface area (Å²) in [6.45, 7) is 3.54. The summed E-state index contributed by atoms with van der Waals surface area (Å²) < 4.78 is 25.2. The van der Waals surface area contributed by atoms with Crippen molar-refractivity contribution in [2.75, 3.05) is 26.2 Å². The van der Waals surface area contributed by atoms with Crippen LogP contribution in [0.25, 0.3) is 0 Å². The molecule has 128 valence electrons. The van der Waals surface area contributed by atoms with Crippen molar-refractivity contribution in [3.05, 3.63) is 47.5 Å². The summed E-state index contributed by atoms with van der Waals surface area (Å²) in [5, 5.41) is 5.93. The van der Waals surface area contributed by atoms with Crippen LogP contribution in [0.3, 0.4) is 0 Å². The Morgan fingerprint density at radius 1 is 1.29 bits per heavy atom. The van der Waals surface area contributed by atoms with E-state index >= 15 is 0 Å². The van der Waals surface area contributed by atoms with Crippen LogP contribution in [0.4, 0.5) is 8.78 Å². The Hall–Kier alpha value is -2.35. The number of aromatic amines is 1. The minimum absolute atomic E-state index is 0.0472. The molecule has 1 aliphatic heterocycles. The summed E-state index contributed by atoms with van der Waals surface area (Å²) in [5.41, 5.74) is 0.850. The first-order chi connectivity index (χ1) is 11.6. The molecule has 8 heteroatoms. The molecule has 1 N–H and O–H groups in total. The summed E-state index contributed by atoms with van der Waals surface area (Å²) in [7, 11) is 0. The van der Waals surface area contributed by atoms with Gasteiger partial charge in [-0.1, -0.05) is 6.07 Å². The van der Waals surface area contributed by atoms with Crippen LogP contribution < -0.4 is 0 Å². The minimum atomic E-state index is -2.65. The number of nitrogens with zero attached hydrogens (tertiary/aromatic N) is 4. The third kappa shape index (κ3) is 3.94. The average molecular weight is 335 g/mol. The summed E-state index contributed by atoms with van der Waals surface area (Å²) in [4.78, 5) is 20.5. The number of hydrogen-bond donors (Lipinski definition) is 1. The number of halogens is 2. The number of alkyl halides is 2. The highest BCUT2D eigenvalue weighted by Crippen LogP contribution is 2.18. The Balaban J connectivity index is 1.59. The summed E-state index contributed by atoms with van der Waals surface area (Å²) in [6.07, 6.45) is 1.75. The largest absolute Gasteiger partial charge is 0.336 e. The molecule has 0 bridgehead atoms. The maximum absolute atomic E-state index is 12.6. The third-order valence-electron chi connectivity index (χ3n) is 4.06. The van der Waals surface area contributed by atoms with Crippen molar-refractivity contribution < 1.29 is 13.6 Å². The summed E-state index contributed by atoms with van der Waals surface area (Å²) in [6, 6.07) is 5.06. The van der Waals surface area contributed by atoms with Crippen LogP contribution in [-0.4, -0.2) is 57.1 Å². The van der Waals surface area contributed by atoms with Gasteiger partial charge in [-0.3, -0.25) is 19.8 Å². The van der Waals surface area contributed by atoms with E-state index in [0.29, 0.717) is 13.1 Å². The number of pyridine rings is 1. The second-order valence-electron chi connectivity index (χ2n) is 5.79. The lowest BCUT2D eigenvalue weighted by molar-refractivity contribution is 0.0755. The van der Waals surface area contributed by atoms with Gasteiger partial charge in [0.1, 0.15) is 5.69 Å². The lowest BCUT2D eigenvalue weighted by atomic mass is 10.2. The van der Waals surface area contributed by atoms with Crippen LogP contribution in [0, 0.1) is 0 Å². The summed E-state index contributed by atoms with van der Waals surface area (Å²) in [5.74, 6) is -0.304. The van der Waals surface area contributed by atoms with Crippen LogP contribution in [0.5, 0.6) is 0 Å². The van der Waals surface area contributed by atoms with E-state index in [-0.39, 0.29) is 17.3 Å². The molecule has 1 aliphatic rings. The van der Waals surface area contributed by atoms with E-state index in [1.807, 2.05) is 18.3 Å². The molecule has 24 heavy (non-hydrogen) atoms. The number of hydrogen-bond acceptors (Lipinski definition) is 4. The molecule has 0 radical (unpaired) electrons. The van der Waals surface area contributed by atoms with Crippen molar-refractivity contribution in [1.29, 1.82) is 0 Å². The van der Waals surface area contributed by atoms with Crippen LogP contribution in [0.2, 0.25) is 0 Å². The van der Waals surface area contributed by atoms with Crippen molar-refractivity contribution in [3.8, 4) is 0 Å². The van der Waals surface area contributed by atoms with Gasteiger partial charge in [-0.25, -0.2) is 8.78 Å². The van der Waals surface area contributed by atoms with Crippen LogP contribution in [0.1, 0.15) is 34.6 Å². The lowest BCUT2D eigenvalue weighted by Crippen LogP contribution is -2.35. The molecule has 3 heterocycles. The van der Waals surface area contributed by atoms with Gasteiger partial charge in [-0.15, -0.1) is 0 Å². The third-order valence-corrected chi connectivity index (χ3v) is 4.06. The van der Waals surface area contributed by atoms with E-state index < -0.39 is 6.43 Å². The summed E-state index contributed by atoms with van der Waals surface area (Å²) >= 11 is 0. The Labute approximate surface area is 138 Å². The molecule has 0 aliphatic carbocycles. The Morgan fingerprint density at radius 3 is 2.88 bits per heavy atom. The van der Waals surface area contributed by atoms with Gasteiger partial charge in [0.05, 0.1) is 0 Å². The highest BCUT2D eigenvalue weighted by molar-refractivity contribution is 5.92. The van der Waals surface area contributed by atoms with Crippen molar-refractivity contribution >= 4 is 5.91 Å². The zero-order chi connectivity index (χ0) is 16.9. The van der Waals surface area contributed by atoms with Crippen molar-refractivity contribution in [2.45, 2.75) is 19.4 Å². The van der Waals surface area contributed by atoms with E-state index in [1.165, 1.54) is 0 Å². The Morgan fingerprint density at radius 2 is 2.17 bits per heavy atom. The quantitative estimate of drug-likeness (QED) is 0.929. The first kappa shape index (κ1) is 16.5. The monoisotopic (exact) mass is 335 g/mol. The first-order valence-electron chi connectivity index (χ1n) is 7.87. The number of carbonyl (C=O) groups excluding carboxylic acids is 1. The van der Waals surface area contributed by atoms with Crippen LogP contribution in [-0.2, 0) is 6.54 Å². The van der Waals surface area contributed by atoms with Gasteiger partial charge in [0.25, 0.3) is 12.3 Å². The van der Waals surface area contributed by atoms with E-state index in [1.54, 1.807) is 11.1 Å². The number of carbonyl (C=O) groups is 1. The number of H-pyrrole nitrogens is 1. The zero-order valence-electron chi connectivity index (χ0n) is 13.2. The highest BCUT2D eigenvalue weighted by atomic mass is 19.3. The predicted octanol–water partition coefficient (Wildman–Crippen LogP) is 2.09. The van der Waals surface area contributed by atoms with Gasteiger partial charge in [-0.2, -0.15) is 5.10 Å². The SMILES string of the molecule is O=C(c1cc(C(F)F)[nH]n1)N1CCCN(Cc2cccnc2)CC1. The Kier molecular flexibility index (Phi) is 5.14. The molecule has 1 amide bonds. The maximum Gasteiger partial charge on any atom is 0.279 e. The molecule has 0 saturated carbocycles. The number of rotatable bonds is 4. The van der Waals surface area contributed by atoms with Crippen LogP contribution >= 0.6 is 0 Å². The molecule has 6 nitrogen and oxygen atoms in total. The number of aromatic nitrogens is 3. The molecule has 1 fully saturated rings. The number of amides is 1. The van der Waals surface area contributed by atoms with Gasteiger partial charge in [0, 0.05) is 45.1 Å². The maximum atomic E-state index is 12.6. The zero-order valence-corrected chi connectivity index (χ0v) is 13.2. The van der Waals surface area contributed by atoms with Gasteiger partial charge < -0.3 is 4.90 Å². The van der Waals surface area contributed by atoms with Gasteiger partial charge in [0.15, 0.2) is 5.69 Å². The predicted molar refractivity (Wildman–Crippen MR) is 83.6 cm³/mol. The fourth-order valence-electron chi connectivity index (χ4n) is 2.80. The molecular weight excluding hydrogens is 316 g/mol. The van der Waals surface area contributed by atoms with Gasteiger partial charge >= 0.3 is 0 Å². The number of nitrogens with one attached hydrogen (secondary N) is 1. The smallest absolute Gasteiger partial charge is 0.279 e. The van der Waals surface area contributed by atoms with E-state index in [0.717, 1.165) is 37.7 Å². The van der Waals surface area contributed by atoms with Gasteiger partial charge in [0.2, 0.25) is 0 Å². The molecule has 0 aromatic carbocycles. The van der Waals surface area contributed by atoms with E-state index in [4.69, 9.17) is 0 Å². The standard InChI is InChI=1S/C16H19F2N5O/c17-15(18)13-9-14(21-20-13)16(24)23-6-2-5-22(7-8-23)11-12-3-1-4-19-10-12/h1,3-4,9-10,15H,2,5-8,11H2,(H,20,21). The molecule has 0 atom stereocenters. The molecule has 2 aromatic rings. The molecule has 0 spiro atoms. The van der Waals surface area contributed by atoms with Crippen molar-refractivity contribution in [3.63, 3.8) is 0 Å². The topological polar surface area (TPSA) is 65.1 Å². The van der Waals surface area contributed by atoms with E-state index in [9.17, 15) is 13.6 Å². The molecule has 2 aromatic heterocycles.